The van der Waals surface area contributed by atoms with Crippen molar-refractivity contribution in [1.82, 2.24) is 14.8 Å². The molecule has 0 saturated heterocycles. The number of hydrogen-bond donors (Lipinski definition) is 0. The Hall–Kier alpha value is -2.87. The summed E-state index contributed by atoms with van der Waals surface area (Å²) in [5.41, 5.74) is 0. The van der Waals surface area contributed by atoms with Gasteiger partial charge in [-0.15, -0.1) is 10.2 Å². The lowest BCUT2D eigenvalue weighted by molar-refractivity contribution is 0.209. The molecular weight excluding hydrogens is 402 g/mol. The first-order valence-electron chi connectivity index (χ1n) is 9.78. The Labute approximate surface area is 181 Å². The van der Waals surface area contributed by atoms with Gasteiger partial charge in [0.1, 0.15) is 23.0 Å². The molecular formula is C22H27N3O4S. The molecule has 0 fully saturated rings. The molecule has 0 amide bonds. The maximum atomic E-state index is 6.03. The predicted molar refractivity (Wildman–Crippen MR) is 117 cm³/mol. The maximum absolute atomic E-state index is 6.03. The minimum atomic E-state index is -0.226. The molecule has 0 aliphatic rings. The molecule has 0 saturated carbocycles. The van der Waals surface area contributed by atoms with Crippen molar-refractivity contribution in [2.45, 2.75) is 31.7 Å². The van der Waals surface area contributed by atoms with Crippen molar-refractivity contribution in [1.29, 1.82) is 0 Å². The molecule has 1 heterocycles. The van der Waals surface area contributed by atoms with Crippen LogP contribution in [0.1, 0.15) is 25.8 Å². The van der Waals surface area contributed by atoms with E-state index in [4.69, 9.17) is 18.9 Å². The van der Waals surface area contributed by atoms with E-state index in [0.29, 0.717) is 6.61 Å². The van der Waals surface area contributed by atoms with Gasteiger partial charge < -0.3 is 23.5 Å². The van der Waals surface area contributed by atoms with E-state index in [-0.39, 0.29) is 6.10 Å². The predicted octanol–water partition coefficient (Wildman–Crippen LogP) is 4.63. The van der Waals surface area contributed by atoms with Crippen LogP contribution >= 0.6 is 11.8 Å². The third kappa shape index (κ3) is 5.60. The molecule has 0 bridgehead atoms. The van der Waals surface area contributed by atoms with Crippen molar-refractivity contribution in [3.8, 4) is 23.0 Å². The summed E-state index contributed by atoms with van der Waals surface area (Å²) in [6.07, 6.45) is -0.226. The maximum Gasteiger partial charge on any atom is 0.191 e. The number of hydrogen-bond acceptors (Lipinski definition) is 7. The summed E-state index contributed by atoms with van der Waals surface area (Å²) in [4.78, 5) is 0. The Morgan fingerprint density at radius 1 is 0.867 bits per heavy atom. The standard InChI is InChI=1S/C22H27N3O4S/c1-5-25-21(16(2)29-20-12-8-18(27-4)9-13-20)23-24-22(25)30-15-14-28-19-10-6-17(26-3)7-11-19/h6-13,16H,5,14-15H2,1-4H3. The lowest BCUT2D eigenvalue weighted by atomic mass is 10.3. The second-order valence-electron chi connectivity index (χ2n) is 6.39. The van der Waals surface area contributed by atoms with Gasteiger partial charge in [0.25, 0.3) is 0 Å². The van der Waals surface area contributed by atoms with Crippen LogP contribution in [0.5, 0.6) is 23.0 Å². The van der Waals surface area contributed by atoms with Crippen LogP contribution in [-0.4, -0.2) is 41.3 Å². The van der Waals surface area contributed by atoms with Gasteiger partial charge in [-0.2, -0.15) is 0 Å². The van der Waals surface area contributed by atoms with Crippen molar-refractivity contribution in [2.75, 3.05) is 26.6 Å². The van der Waals surface area contributed by atoms with Crippen molar-refractivity contribution in [2.24, 2.45) is 0 Å². The van der Waals surface area contributed by atoms with Crippen molar-refractivity contribution in [3.05, 3.63) is 54.4 Å². The van der Waals surface area contributed by atoms with Gasteiger partial charge in [-0.25, -0.2) is 0 Å². The van der Waals surface area contributed by atoms with Crippen LogP contribution in [0.3, 0.4) is 0 Å². The molecule has 0 radical (unpaired) electrons. The molecule has 1 aromatic heterocycles. The highest BCUT2D eigenvalue weighted by Gasteiger charge is 2.18. The van der Waals surface area contributed by atoms with Crippen LogP contribution in [0, 0.1) is 0 Å². The van der Waals surface area contributed by atoms with E-state index in [2.05, 4.69) is 21.7 Å². The number of aromatic nitrogens is 3. The summed E-state index contributed by atoms with van der Waals surface area (Å²) in [7, 11) is 3.29. The smallest absolute Gasteiger partial charge is 0.191 e. The zero-order valence-electron chi connectivity index (χ0n) is 17.7. The third-order valence-corrected chi connectivity index (χ3v) is 5.37. The Balaban J connectivity index is 1.54. The van der Waals surface area contributed by atoms with Gasteiger partial charge in [-0.3, -0.25) is 0 Å². The van der Waals surface area contributed by atoms with Gasteiger partial charge in [0.05, 0.1) is 20.8 Å². The molecule has 0 aliphatic heterocycles. The van der Waals surface area contributed by atoms with Gasteiger partial charge in [0.2, 0.25) is 0 Å². The van der Waals surface area contributed by atoms with E-state index < -0.39 is 0 Å². The van der Waals surface area contributed by atoms with Crippen LogP contribution in [0.15, 0.2) is 53.7 Å². The first kappa shape index (κ1) is 21.8. The Kier molecular flexibility index (Phi) is 7.84. The number of nitrogens with zero attached hydrogens (tertiary/aromatic N) is 3. The van der Waals surface area contributed by atoms with Crippen LogP contribution in [0.4, 0.5) is 0 Å². The molecule has 1 unspecified atom stereocenters. The van der Waals surface area contributed by atoms with Crippen molar-refractivity contribution in [3.63, 3.8) is 0 Å². The fourth-order valence-corrected chi connectivity index (χ4v) is 3.71. The van der Waals surface area contributed by atoms with Crippen LogP contribution < -0.4 is 18.9 Å². The fraction of sp³-hybridized carbons (Fsp3) is 0.364. The Morgan fingerprint density at radius 3 is 2.00 bits per heavy atom. The van der Waals surface area contributed by atoms with E-state index in [1.54, 1.807) is 26.0 Å². The molecule has 3 rings (SSSR count). The minimum Gasteiger partial charge on any atom is -0.497 e. The molecule has 160 valence electrons. The second-order valence-corrected chi connectivity index (χ2v) is 7.46. The van der Waals surface area contributed by atoms with Crippen molar-refractivity contribution >= 4 is 11.8 Å². The number of rotatable bonds is 11. The highest BCUT2D eigenvalue weighted by Crippen LogP contribution is 2.26. The quantitative estimate of drug-likeness (QED) is 0.325. The summed E-state index contributed by atoms with van der Waals surface area (Å²) in [6.45, 7) is 5.38. The number of methoxy groups -OCH3 is 2. The molecule has 0 spiro atoms. The van der Waals surface area contributed by atoms with Crippen molar-refractivity contribution < 1.29 is 18.9 Å². The lowest BCUT2D eigenvalue weighted by Gasteiger charge is -2.16. The summed E-state index contributed by atoms with van der Waals surface area (Å²) < 4.78 is 24.2. The number of benzene rings is 2. The molecule has 30 heavy (non-hydrogen) atoms. The van der Waals surface area contributed by atoms with E-state index in [1.807, 2.05) is 55.5 Å². The first-order valence-corrected chi connectivity index (χ1v) is 10.8. The summed E-state index contributed by atoms with van der Waals surface area (Å²) in [5, 5.41) is 9.57. The molecule has 0 aliphatic carbocycles. The van der Waals surface area contributed by atoms with Gasteiger partial charge in [-0.1, -0.05) is 11.8 Å². The monoisotopic (exact) mass is 429 g/mol. The highest BCUT2D eigenvalue weighted by molar-refractivity contribution is 7.99. The normalized spacial score (nSPS) is 11.7. The summed E-state index contributed by atoms with van der Waals surface area (Å²) >= 11 is 1.62. The molecule has 7 nitrogen and oxygen atoms in total. The average molecular weight is 430 g/mol. The van der Waals surface area contributed by atoms with Gasteiger partial charge in [0.15, 0.2) is 17.1 Å². The first-order chi connectivity index (χ1) is 14.6. The summed E-state index contributed by atoms with van der Waals surface area (Å²) in [5.74, 6) is 4.74. The highest BCUT2D eigenvalue weighted by atomic mass is 32.2. The molecule has 1 atom stereocenters. The average Bonchev–Trinajstić information content (AvgIpc) is 3.20. The van der Waals surface area contributed by atoms with E-state index in [9.17, 15) is 0 Å². The van der Waals surface area contributed by atoms with Gasteiger partial charge in [0, 0.05) is 12.3 Å². The fourth-order valence-electron chi connectivity index (χ4n) is 2.88. The zero-order chi connectivity index (χ0) is 21.3. The topological polar surface area (TPSA) is 67.6 Å². The van der Waals surface area contributed by atoms with Gasteiger partial charge >= 0.3 is 0 Å². The number of ether oxygens (including phenoxy) is 4. The second kappa shape index (κ2) is 10.8. The van der Waals surface area contributed by atoms with E-state index in [1.165, 1.54) is 0 Å². The summed E-state index contributed by atoms with van der Waals surface area (Å²) in [6, 6.07) is 15.1. The molecule has 3 aromatic rings. The van der Waals surface area contributed by atoms with Crippen LogP contribution in [0.25, 0.3) is 0 Å². The van der Waals surface area contributed by atoms with Crippen LogP contribution in [0.2, 0.25) is 0 Å². The Morgan fingerprint density at radius 2 is 1.43 bits per heavy atom. The molecule has 8 heteroatoms. The number of thioether (sulfide) groups is 1. The third-order valence-electron chi connectivity index (χ3n) is 4.44. The zero-order valence-corrected chi connectivity index (χ0v) is 18.5. The Bertz CT molecular complexity index is 913. The molecule has 0 N–H and O–H groups in total. The SMILES string of the molecule is CCn1c(SCCOc2ccc(OC)cc2)nnc1C(C)Oc1ccc(OC)cc1. The van der Waals surface area contributed by atoms with E-state index in [0.717, 1.165) is 46.3 Å². The molecule has 2 aromatic carbocycles. The lowest BCUT2D eigenvalue weighted by Crippen LogP contribution is -2.12. The minimum absolute atomic E-state index is 0.226. The van der Waals surface area contributed by atoms with Gasteiger partial charge in [-0.05, 0) is 62.4 Å². The van der Waals surface area contributed by atoms with E-state index >= 15 is 0 Å². The van der Waals surface area contributed by atoms with Crippen LogP contribution in [-0.2, 0) is 6.54 Å². The largest absolute Gasteiger partial charge is 0.497 e.